The smallest absolute Gasteiger partial charge is 0.305 e. The Morgan fingerprint density at radius 2 is 1.60 bits per heavy atom. The number of carboxylic acids is 1. The van der Waals surface area contributed by atoms with E-state index in [9.17, 15) is 4.79 Å². The third kappa shape index (κ3) is 5.33. The molecule has 0 spiro atoms. The fourth-order valence-corrected chi connectivity index (χ4v) is 2.16. The first-order valence-electron chi connectivity index (χ1n) is 7.09. The fraction of sp³-hybridized carbons (Fsp3) is 0.588. The molecule has 0 aromatic heterocycles. The van der Waals surface area contributed by atoms with Gasteiger partial charge in [-0.2, -0.15) is 0 Å². The zero-order chi connectivity index (χ0) is 15.6. The topological polar surface area (TPSA) is 49.3 Å². The molecule has 3 heteroatoms. The lowest BCUT2D eigenvalue weighted by Gasteiger charge is -2.28. The number of carbonyl (C=O) groups is 1. The maximum atomic E-state index is 11.1. The Bertz CT molecular complexity index is 449. The van der Waals surface area contributed by atoms with Crippen LogP contribution in [-0.2, 0) is 10.2 Å². The molecule has 20 heavy (non-hydrogen) atoms. The minimum atomic E-state index is -0.786. The Morgan fingerprint density at radius 3 is 1.95 bits per heavy atom. The van der Waals surface area contributed by atoms with Crippen LogP contribution in [0.15, 0.2) is 24.3 Å². The Hall–Kier alpha value is -1.35. The highest BCUT2D eigenvalue weighted by atomic mass is 16.4. The molecule has 0 bridgehead atoms. The largest absolute Gasteiger partial charge is 0.481 e. The van der Waals surface area contributed by atoms with Crippen LogP contribution in [0.3, 0.4) is 0 Å². The lowest BCUT2D eigenvalue weighted by Crippen LogP contribution is -2.39. The normalized spacial score (nSPS) is 14.1. The summed E-state index contributed by atoms with van der Waals surface area (Å²) in [6.07, 6.45) is 0.0894. The van der Waals surface area contributed by atoms with E-state index in [0.717, 1.165) is 5.56 Å². The summed E-state index contributed by atoms with van der Waals surface area (Å²) in [5.41, 5.74) is 2.27. The minimum absolute atomic E-state index is 0.0894. The van der Waals surface area contributed by atoms with Gasteiger partial charge < -0.3 is 10.4 Å². The maximum Gasteiger partial charge on any atom is 0.305 e. The summed E-state index contributed by atoms with van der Waals surface area (Å²) in [6.45, 7) is 12.7. The molecule has 2 N–H and O–H groups in total. The maximum absolute atomic E-state index is 11.1. The van der Waals surface area contributed by atoms with Crippen molar-refractivity contribution in [3.63, 3.8) is 0 Å². The average Bonchev–Trinajstić information content (AvgIpc) is 2.24. The van der Waals surface area contributed by atoms with Crippen LogP contribution in [0.1, 0.15) is 65.1 Å². The highest BCUT2D eigenvalue weighted by Crippen LogP contribution is 2.26. The van der Waals surface area contributed by atoms with Crippen LogP contribution in [0.5, 0.6) is 0 Å². The summed E-state index contributed by atoms with van der Waals surface area (Å²) < 4.78 is 0. The van der Waals surface area contributed by atoms with E-state index in [-0.39, 0.29) is 23.4 Å². The molecule has 0 aliphatic rings. The third-order valence-corrected chi connectivity index (χ3v) is 3.17. The van der Waals surface area contributed by atoms with Gasteiger partial charge in [-0.05, 0) is 37.3 Å². The van der Waals surface area contributed by atoms with Gasteiger partial charge in [0.15, 0.2) is 0 Å². The van der Waals surface area contributed by atoms with E-state index in [4.69, 9.17) is 5.11 Å². The summed E-state index contributed by atoms with van der Waals surface area (Å²) in [5.74, 6) is -0.786. The van der Waals surface area contributed by atoms with Gasteiger partial charge in [0.2, 0.25) is 0 Å². The van der Waals surface area contributed by atoms with E-state index < -0.39 is 5.97 Å². The zero-order valence-electron chi connectivity index (χ0n) is 13.4. The molecule has 0 saturated carbocycles. The van der Waals surface area contributed by atoms with Crippen molar-refractivity contribution in [3.8, 4) is 0 Å². The van der Waals surface area contributed by atoms with Crippen LogP contribution in [0.25, 0.3) is 0 Å². The predicted octanol–water partition coefficient (Wildman–Crippen LogP) is 3.89. The Balaban J connectivity index is 2.99. The Labute approximate surface area is 122 Å². The van der Waals surface area contributed by atoms with E-state index in [0.29, 0.717) is 0 Å². The number of hydrogen-bond acceptors (Lipinski definition) is 2. The SMILES string of the molecule is CC(C)(C)NC(CC(=O)O)c1ccc(C(C)(C)C)cc1. The molecular weight excluding hydrogens is 250 g/mol. The first-order valence-corrected chi connectivity index (χ1v) is 7.09. The predicted molar refractivity (Wildman–Crippen MR) is 83.0 cm³/mol. The van der Waals surface area contributed by atoms with Gasteiger partial charge >= 0.3 is 5.97 Å². The molecule has 0 radical (unpaired) electrons. The molecule has 1 atom stereocenters. The molecule has 112 valence electrons. The van der Waals surface area contributed by atoms with Crippen LogP contribution in [0.2, 0.25) is 0 Å². The van der Waals surface area contributed by atoms with Gasteiger partial charge in [0, 0.05) is 11.6 Å². The van der Waals surface area contributed by atoms with Crippen molar-refractivity contribution in [2.45, 2.75) is 65.0 Å². The average molecular weight is 277 g/mol. The van der Waals surface area contributed by atoms with E-state index in [1.165, 1.54) is 5.56 Å². The van der Waals surface area contributed by atoms with Crippen LogP contribution >= 0.6 is 0 Å². The zero-order valence-corrected chi connectivity index (χ0v) is 13.4. The second-order valence-corrected chi connectivity index (χ2v) is 7.42. The molecule has 0 saturated heterocycles. The molecule has 0 aliphatic heterocycles. The monoisotopic (exact) mass is 277 g/mol. The number of aliphatic carboxylic acids is 1. The van der Waals surface area contributed by atoms with Crippen molar-refractivity contribution in [3.05, 3.63) is 35.4 Å². The van der Waals surface area contributed by atoms with Gasteiger partial charge in [-0.15, -0.1) is 0 Å². The lowest BCUT2D eigenvalue weighted by atomic mass is 9.86. The van der Waals surface area contributed by atoms with Gasteiger partial charge in [0.05, 0.1) is 6.42 Å². The van der Waals surface area contributed by atoms with Crippen LogP contribution < -0.4 is 5.32 Å². The second kappa shape index (κ2) is 5.96. The van der Waals surface area contributed by atoms with Crippen LogP contribution in [0.4, 0.5) is 0 Å². The second-order valence-electron chi connectivity index (χ2n) is 7.42. The highest BCUT2D eigenvalue weighted by molar-refractivity contribution is 5.68. The molecule has 1 rings (SSSR count). The van der Waals surface area contributed by atoms with E-state index in [1.807, 2.05) is 32.9 Å². The molecule has 0 amide bonds. The van der Waals surface area contributed by atoms with Crippen molar-refractivity contribution in [1.82, 2.24) is 5.32 Å². The molecule has 0 fully saturated rings. The number of hydrogen-bond donors (Lipinski definition) is 2. The van der Waals surface area contributed by atoms with Gasteiger partial charge in [0.1, 0.15) is 0 Å². The Morgan fingerprint density at radius 1 is 1.10 bits per heavy atom. The molecular formula is C17H27NO2. The molecule has 1 aromatic carbocycles. The van der Waals surface area contributed by atoms with E-state index >= 15 is 0 Å². The van der Waals surface area contributed by atoms with Crippen molar-refractivity contribution >= 4 is 5.97 Å². The van der Waals surface area contributed by atoms with E-state index in [1.54, 1.807) is 0 Å². The number of benzene rings is 1. The molecule has 0 aliphatic carbocycles. The summed E-state index contributed by atoms with van der Waals surface area (Å²) in [6, 6.07) is 8.09. The fourth-order valence-electron chi connectivity index (χ4n) is 2.16. The van der Waals surface area contributed by atoms with E-state index in [2.05, 4.69) is 38.2 Å². The first-order chi connectivity index (χ1) is 8.99. The molecule has 3 nitrogen and oxygen atoms in total. The summed E-state index contributed by atoms with van der Waals surface area (Å²) in [5, 5.41) is 12.5. The summed E-state index contributed by atoms with van der Waals surface area (Å²) >= 11 is 0. The van der Waals surface area contributed by atoms with Gasteiger partial charge in [-0.3, -0.25) is 4.79 Å². The Kier molecular flexibility index (Phi) is 4.98. The molecule has 1 aromatic rings. The quantitative estimate of drug-likeness (QED) is 0.878. The highest BCUT2D eigenvalue weighted by Gasteiger charge is 2.22. The number of nitrogens with one attached hydrogen (secondary N) is 1. The third-order valence-electron chi connectivity index (χ3n) is 3.17. The van der Waals surface area contributed by atoms with Crippen molar-refractivity contribution < 1.29 is 9.90 Å². The first kappa shape index (κ1) is 16.7. The van der Waals surface area contributed by atoms with Crippen LogP contribution in [-0.4, -0.2) is 16.6 Å². The van der Waals surface area contributed by atoms with Crippen molar-refractivity contribution in [1.29, 1.82) is 0 Å². The number of carboxylic acid groups (broad SMARTS) is 1. The molecule has 0 heterocycles. The minimum Gasteiger partial charge on any atom is -0.481 e. The van der Waals surface area contributed by atoms with Crippen molar-refractivity contribution in [2.24, 2.45) is 0 Å². The standard InChI is InChI=1S/C17H27NO2/c1-16(2,3)13-9-7-12(8-10-13)14(11-15(19)20)18-17(4,5)6/h7-10,14,18H,11H2,1-6H3,(H,19,20). The number of rotatable bonds is 4. The van der Waals surface area contributed by atoms with Crippen LogP contribution in [0, 0.1) is 0 Å². The van der Waals surface area contributed by atoms with Gasteiger partial charge in [0.25, 0.3) is 0 Å². The van der Waals surface area contributed by atoms with Gasteiger partial charge in [-0.1, -0.05) is 45.0 Å². The summed E-state index contributed by atoms with van der Waals surface area (Å²) in [4.78, 5) is 11.1. The molecule has 1 unspecified atom stereocenters. The van der Waals surface area contributed by atoms with Gasteiger partial charge in [-0.25, -0.2) is 0 Å². The van der Waals surface area contributed by atoms with Crippen molar-refractivity contribution in [2.75, 3.05) is 0 Å². The summed E-state index contributed by atoms with van der Waals surface area (Å²) in [7, 11) is 0. The lowest BCUT2D eigenvalue weighted by molar-refractivity contribution is -0.137.